The zero-order chi connectivity index (χ0) is 13.4. The van der Waals surface area contributed by atoms with E-state index in [1.807, 2.05) is 31.2 Å². The summed E-state index contributed by atoms with van der Waals surface area (Å²) in [6.07, 6.45) is 1.56. The Balaban J connectivity index is 2.09. The lowest BCUT2D eigenvalue weighted by atomic mass is 10.2. The van der Waals surface area contributed by atoms with E-state index < -0.39 is 0 Å². The maximum absolute atomic E-state index is 9.18. The molecule has 1 atom stereocenters. The van der Waals surface area contributed by atoms with Crippen LogP contribution in [0.4, 0.5) is 0 Å². The van der Waals surface area contributed by atoms with Crippen LogP contribution in [0, 0.1) is 0 Å². The Morgan fingerprint density at radius 3 is 2.56 bits per heavy atom. The first-order valence-corrected chi connectivity index (χ1v) is 6.70. The molecule has 0 aliphatic carbocycles. The van der Waals surface area contributed by atoms with E-state index >= 15 is 0 Å². The highest BCUT2D eigenvalue weighted by molar-refractivity contribution is 6.30. The van der Waals surface area contributed by atoms with Gasteiger partial charge in [-0.1, -0.05) is 11.6 Å². The van der Waals surface area contributed by atoms with Crippen LogP contribution in [0.15, 0.2) is 24.3 Å². The van der Waals surface area contributed by atoms with Crippen molar-refractivity contribution in [2.75, 3.05) is 26.7 Å². The molecule has 0 heterocycles. The van der Waals surface area contributed by atoms with Crippen molar-refractivity contribution in [3.05, 3.63) is 29.3 Å². The molecule has 1 aromatic rings. The number of nitrogens with zero attached hydrogens (tertiary/aromatic N) is 1. The second-order valence-electron chi connectivity index (χ2n) is 4.60. The molecule has 0 amide bonds. The molecule has 0 saturated heterocycles. The minimum atomic E-state index is -0.224. The van der Waals surface area contributed by atoms with Crippen molar-refractivity contribution in [3.63, 3.8) is 0 Å². The quantitative estimate of drug-likeness (QED) is 0.738. The molecule has 0 aliphatic rings. The Hall–Kier alpha value is -0.770. The number of aliphatic hydroxyl groups excluding tert-OH is 1. The fourth-order valence-corrected chi connectivity index (χ4v) is 1.70. The Morgan fingerprint density at radius 1 is 1.28 bits per heavy atom. The van der Waals surface area contributed by atoms with Crippen molar-refractivity contribution in [3.8, 4) is 5.75 Å². The van der Waals surface area contributed by atoms with Crippen LogP contribution in [0.25, 0.3) is 0 Å². The molecule has 0 aliphatic heterocycles. The molecule has 1 aromatic carbocycles. The predicted octanol–water partition coefficient (Wildman–Crippen LogP) is 2.81. The normalized spacial score (nSPS) is 12.7. The number of rotatable bonds is 8. The molecule has 0 spiro atoms. The van der Waals surface area contributed by atoms with Crippen LogP contribution in [-0.4, -0.2) is 42.9 Å². The molecule has 1 N–H and O–H groups in total. The van der Waals surface area contributed by atoms with Crippen LogP contribution in [0.1, 0.15) is 19.8 Å². The zero-order valence-corrected chi connectivity index (χ0v) is 11.9. The summed E-state index contributed by atoms with van der Waals surface area (Å²) in [5, 5.41) is 9.90. The third-order valence-electron chi connectivity index (χ3n) is 2.70. The average Bonchev–Trinajstić information content (AvgIpc) is 2.34. The van der Waals surface area contributed by atoms with Crippen LogP contribution in [0.3, 0.4) is 0 Å². The Kier molecular flexibility index (Phi) is 7.09. The van der Waals surface area contributed by atoms with Gasteiger partial charge in [0.05, 0.1) is 12.7 Å². The number of aliphatic hydroxyl groups is 1. The SMILES string of the molecule is CC(O)CCN(C)CCCOc1ccc(Cl)cc1. The van der Waals surface area contributed by atoms with Gasteiger partial charge in [-0.3, -0.25) is 0 Å². The van der Waals surface area contributed by atoms with E-state index in [4.69, 9.17) is 16.3 Å². The number of benzene rings is 1. The third-order valence-corrected chi connectivity index (χ3v) is 2.95. The van der Waals surface area contributed by atoms with Gasteiger partial charge in [-0.05, 0) is 51.1 Å². The van der Waals surface area contributed by atoms with E-state index in [1.54, 1.807) is 0 Å². The molecule has 1 unspecified atom stereocenters. The van der Waals surface area contributed by atoms with Gasteiger partial charge < -0.3 is 14.7 Å². The van der Waals surface area contributed by atoms with Crippen molar-refractivity contribution in [2.24, 2.45) is 0 Å². The van der Waals surface area contributed by atoms with Crippen molar-refractivity contribution in [1.82, 2.24) is 4.90 Å². The van der Waals surface area contributed by atoms with Gasteiger partial charge in [-0.2, -0.15) is 0 Å². The molecule has 18 heavy (non-hydrogen) atoms. The largest absolute Gasteiger partial charge is 0.494 e. The maximum atomic E-state index is 9.18. The molecular weight excluding hydrogens is 250 g/mol. The van der Waals surface area contributed by atoms with Crippen LogP contribution < -0.4 is 4.74 Å². The molecule has 102 valence electrons. The fraction of sp³-hybridized carbons (Fsp3) is 0.571. The molecule has 0 saturated carbocycles. The second-order valence-corrected chi connectivity index (χ2v) is 5.03. The van der Waals surface area contributed by atoms with Crippen LogP contribution in [0.5, 0.6) is 5.75 Å². The minimum absolute atomic E-state index is 0.224. The lowest BCUT2D eigenvalue weighted by Gasteiger charge is -2.17. The van der Waals surface area contributed by atoms with Gasteiger partial charge in [0.1, 0.15) is 5.75 Å². The number of ether oxygens (including phenoxy) is 1. The summed E-state index contributed by atoms with van der Waals surface area (Å²) >= 11 is 5.79. The maximum Gasteiger partial charge on any atom is 0.119 e. The summed E-state index contributed by atoms with van der Waals surface area (Å²) in [5.41, 5.74) is 0. The highest BCUT2D eigenvalue weighted by Gasteiger charge is 2.01. The van der Waals surface area contributed by atoms with E-state index in [2.05, 4.69) is 11.9 Å². The topological polar surface area (TPSA) is 32.7 Å². The van der Waals surface area contributed by atoms with E-state index in [-0.39, 0.29) is 6.10 Å². The van der Waals surface area contributed by atoms with Crippen LogP contribution >= 0.6 is 11.6 Å². The molecule has 0 fully saturated rings. The monoisotopic (exact) mass is 271 g/mol. The molecule has 0 radical (unpaired) electrons. The first-order chi connectivity index (χ1) is 8.58. The van der Waals surface area contributed by atoms with E-state index in [1.165, 1.54) is 0 Å². The lowest BCUT2D eigenvalue weighted by molar-refractivity contribution is 0.162. The Bertz CT molecular complexity index is 327. The standard InChI is InChI=1S/C14H22ClNO2/c1-12(17)8-10-16(2)9-3-11-18-14-6-4-13(15)5-7-14/h4-7,12,17H,3,8-11H2,1-2H3. The van der Waals surface area contributed by atoms with Gasteiger partial charge in [-0.15, -0.1) is 0 Å². The van der Waals surface area contributed by atoms with Crippen molar-refractivity contribution < 1.29 is 9.84 Å². The van der Waals surface area contributed by atoms with Crippen molar-refractivity contribution in [2.45, 2.75) is 25.9 Å². The van der Waals surface area contributed by atoms with Gasteiger partial charge in [0, 0.05) is 18.1 Å². The number of hydrogen-bond donors (Lipinski definition) is 1. The Labute approximate surface area is 114 Å². The van der Waals surface area contributed by atoms with Gasteiger partial charge in [-0.25, -0.2) is 0 Å². The summed E-state index contributed by atoms with van der Waals surface area (Å²) in [4.78, 5) is 2.21. The predicted molar refractivity (Wildman–Crippen MR) is 75.4 cm³/mol. The molecule has 3 nitrogen and oxygen atoms in total. The van der Waals surface area contributed by atoms with Crippen molar-refractivity contribution in [1.29, 1.82) is 0 Å². The first kappa shape index (κ1) is 15.3. The number of halogens is 1. The molecule has 1 rings (SSSR count). The molecule has 4 heteroatoms. The van der Waals surface area contributed by atoms with Gasteiger partial charge in [0.15, 0.2) is 0 Å². The van der Waals surface area contributed by atoms with Crippen LogP contribution in [-0.2, 0) is 0 Å². The summed E-state index contributed by atoms with van der Waals surface area (Å²) in [5.74, 6) is 0.853. The fourth-order valence-electron chi connectivity index (χ4n) is 1.57. The summed E-state index contributed by atoms with van der Waals surface area (Å²) in [7, 11) is 2.06. The molecule has 0 aromatic heterocycles. The second kappa shape index (κ2) is 8.35. The summed E-state index contributed by atoms with van der Waals surface area (Å²) in [6.45, 7) is 4.40. The highest BCUT2D eigenvalue weighted by Crippen LogP contribution is 2.15. The third kappa shape index (κ3) is 6.84. The zero-order valence-electron chi connectivity index (χ0n) is 11.1. The Morgan fingerprint density at radius 2 is 1.94 bits per heavy atom. The highest BCUT2D eigenvalue weighted by atomic mass is 35.5. The smallest absolute Gasteiger partial charge is 0.119 e. The van der Waals surface area contributed by atoms with E-state index in [0.29, 0.717) is 6.61 Å². The summed E-state index contributed by atoms with van der Waals surface area (Å²) < 4.78 is 5.60. The van der Waals surface area contributed by atoms with E-state index in [0.717, 1.165) is 36.7 Å². The molecule has 0 bridgehead atoms. The lowest BCUT2D eigenvalue weighted by Crippen LogP contribution is -2.24. The van der Waals surface area contributed by atoms with Crippen molar-refractivity contribution >= 4 is 11.6 Å². The minimum Gasteiger partial charge on any atom is -0.494 e. The van der Waals surface area contributed by atoms with E-state index in [9.17, 15) is 5.11 Å². The van der Waals surface area contributed by atoms with Gasteiger partial charge >= 0.3 is 0 Å². The number of hydrogen-bond acceptors (Lipinski definition) is 3. The van der Waals surface area contributed by atoms with Gasteiger partial charge in [0.2, 0.25) is 0 Å². The average molecular weight is 272 g/mol. The van der Waals surface area contributed by atoms with Gasteiger partial charge in [0.25, 0.3) is 0 Å². The first-order valence-electron chi connectivity index (χ1n) is 6.33. The van der Waals surface area contributed by atoms with Crippen LogP contribution in [0.2, 0.25) is 5.02 Å². The summed E-state index contributed by atoms with van der Waals surface area (Å²) in [6, 6.07) is 7.40. The molecular formula is C14H22ClNO2.